The summed E-state index contributed by atoms with van der Waals surface area (Å²) in [6, 6.07) is 0. The second-order valence-corrected chi connectivity index (χ2v) is 4.80. The van der Waals surface area contributed by atoms with Gasteiger partial charge in [0.15, 0.2) is 0 Å². The molecule has 2 atom stereocenters. The predicted molar refractivity (Wildman–Crippen MR) is 51.7 cm³/mol. The molecule has 1 heterocycles. The smallest absolute Gasteiger partial charge is 0.112 e. The number of thiol groups is 2. The first-order chi connectivity index (χ1) is 4.63. The van der Waals surface area contributed by atoms with Gasteiger partial charge in [-0.2, -0.15) is 12.6 Å². The molecular formula is C6H8OS3. The molecule has 0 bridgehead atoms. The van der Waals surface area contributed by atoms with Crippen LogP contribution in [0.15, 0.2) is 22.0 Å². The summed E-state index contributed by atoms with van der Waals surface area (Å²) in [5.74, 6) is 0. The molecule has 0 aromatic carbocycles. The van der Waals surface area contributed by atoms with Crippen molar-refractivity contribution in [3.63, 3.8) is 0 Å². The van der Waals surface area contributed by atoms with Gasteiger partial charge in [0.05, 0.1) is 10.8 Å². The van der Waals surface area contributed by atoms with E-state index in [2.05, 4.69) is 25.3 Å². The van der Waals surface area contributed by atoms with Crippen molar-refractivity contribution >= 4 is 36.1 Å². The highest BCUT2D eigenvalue weighted by Crippen LogP contribution is 2.26. The Kier molecular flexibility index (Phi) is 2.66. The molecule has 2 unspecified atom stereocenters. The van der Waals surface area contributed by atoms with Crippen molar-refractivity contribution in [2.45, 2.75) is 11.5 Å². The van der Waals surface area contributed by atoms with Gasteiger partial charge in [-0.15, -0.1) is 12.6 Å². The first-order valence-electron chi connectivity index (χ1n) is 2.78. The highest BCUT2D eigenvalue weighted by atomic mass is 32.2. The molecule has 1 rings (SSSR count). The second-order valence-electron chi connectivity index (χ2n) is 2.05. The van der Waals surface area contributed by atoms with Crippen LogP contribution in [0.25, 0.3) is 0 Å². The van der Waals surface area contributed by atoms with E-state index in [1.54, 1.807) is 5.41 Å². The summed E-state index contributed by atoms with van der Waals surface area (Å²) < 4.78 is 10.8. The molecule has 0 amide bonds. The quantitative estimate of drug-likeness (QED) is 0.559. The van der Waals surface area contributed by atoms with Crippen LogP contribution in [0.2, 0.25) is 0 Å². The van der Waals surface area contributed by atoms with Gasteiger partial charge in [-0.05, 0) is 18.6 Å². The summed E-state index contributed by atoms with van der Waals surface area (Å²) in [6.45, 7) is 1.93. The Morgan fingerprint density at radius 3 is 2.80 bits per heavy atom. The molecule has 4 heteroatoms. The maximum atomic E-state index is 11.0. The zero-order valence-electron chi connectivity index (χ0n) is 5.44. The molecule has 10 heavy (non-hydrogen) atoms. The van der Waals surface area contributed by atoms with Crippen LogP contribution in [0.3, 0.4) is 0 Å². The van der Waals surface area contributed by atoms with Crippen molar-refractivity contribution in [1.29, 1.82) is 0 Å². The summed E-state index contributed by atoms with van der Waals surface area (Å²) >= 11 is 8.29. The van der Waals surface area contributed by atoms with E-state index in [1.165, 1.54) is 0 Å². The van der Waals surface area contributed by atoms with Crippen molar-refractivity contribution in [3.05, 3.63) is 22.0 Å². The Morgan fingerprint density at radius 1 is 1.70 bits per heavy atom. The number of hydrogen-bond donors (Lipinski definition) is 2. The predicted octanol–water partition coefficient (Wildman–Crippen LogP) is 1.72. The molecule has 56 valence electrons. The molecule has 1 aliphatic heterocycles. The first kappa shape index (κ1) is 8.43. The van der Waals surface area contributed by atoms with E-state index < -0.39 is 10.8 Å². The Hall–Kier alpha value is 0.330. The van der Waals surface area contributed by atoms with Crippen LogP contribution >= 0.6 is 25.3 Å². The zero-order chi connectivity index (χ0) is 7.72. The minimum Gasteiger partial charge on any atom is -0.253 e. The van der Waals surface area contributed by atoms with Gasteiger partial charge in [-0.3, -0.25) is 4.21 Å². The van der Waals surface area contributed by atoms with Gasteiger partial charge >= 0.3 is 0 Å². The lowest BCUT2D eigenvalue weighted by Crippen LogP contribution is -2.09. The SMILES string of the molecule is CC1=C(S)C(S)S(=O)C=C1. The lowest BCUT2D eigenvalue weighted by atomic mass is 10.3. The van der Waals surface area contributed by atoms with Crippen LogP contribution in [0, 0.1) is 0 Å². The van der Waals surface area contributed by atoms with Gasteiger partial charge in [0.1, 0.15) is 4.58 Å². The Morgan fingerprint density at radius 2 is 2.30 bits per heavy atom. The van der Waals surface area contributed by atoms with Crippen LogP contribution in [-0.4, -0.2) is 8.79 Å². The minimum atomic E-state index is -0.986. The van der Waals surface area contributed by atoms with Crippen molar-refractivity contribution in [2.24, 2.45) is 0 Å². The van der Waals surface area contributed by atoms with Gasteiger partial charge in [0.25, 0.3) is 0 Å². The van der Waals surface area contributed by atoms with Gasteiger partial charge < -0.3 is 0 Å². The van der Waals surface area contributed by atoms with Crippen LogP contribution in [0.5, 0.6) is 0 Å². The first-order valence-corrected chi connectivity index (χ1v) is 5.02. The monoisotopic (exact) mass is 192 g/mol. The van der Waals surface area contributed by atoms with Crippen molar-refractivity contribution in [3.8, 4) is 0 Å². The molecule has 1 nitrogen and oxygen atoms in total. The van der Waals surface area contributed by atoms with Gasteiger partial charge in [0, 0.05) is 10.3 Å². The molecule has 0 aliphatic carbocycles. The Balaban J connectivity index is 2.99. The summed E-state index contributed by atoms with van der Waals surface area (Å²) in [5.41, 5.74) is 1.04. The average Bonchev–Trinajstić information content (AvgIpc) is 1.93. The van der Waals surface area contributed by atoms with E-state index in [1.807, 2.05) is 13.0 Å². The zero-order valence-corrected chi connectivity index (χ0v) is 8.05. The maximum Gasteiger partial charge on any atom is 0.112 e. The topological polar surface area (TPSA) is 17.1 Å². The fraction of sp³-hybridized carbons (Fsp3) is 0.333. The van der Waals surface area contributed by atoms with Crippen LogP contribution < -0.4 is 0 Å². The van der Waals surface area contributed by atoms with E-state index >= 15 is 0 Å². The molecule has 0 saturated heterocycles. The fourth-order valence-corrected chi connectivity index (χ4v) is 2.33. The van der Waals surface area contributed by atoms with E-state index in [4.69, 9.17) is 0 Å². The van der Waals surface area contributed by atoms with Crippen molar-refractivity contribution < 1.29 is 4.21 Å². The van der Waals surface area contributed by atoms with Crippen molar-refractivity contribution in [2.75, 3.05) is 0 Å². The molecule has 0 aromatic heterocycles. The van der Waals surface area contributed by atoms with Crippen molar-refractivity contribution in [1.82, 2.24) is 0 Å². The molecule has 0 spiro atoms. The largest absolute Gasteiger partial charge is 0.253 e. The van der Waals surface area contributed by atoms with Crippen LogP contribution in [0.4, 0.5) is 0 Å². The maximum absolute atomic E-state index is 11.0. The van der Waals surface area contributed by atoms with Gasteiger partial charge in [-0.25, -0.2) is 0 Å². The molecule has 0 N–H and O–H groups in total. The Labute approximate surface area is 73.9 Å². The molecule has 0 radical (unpaired) electrons. The normalized spacial score (nSPS) is 33.1. The molecular weight excluding hydrogens is 184 g/mol. The summed E-state index contributed by atoms with van der Waals surface area (Å²) in [7, 11) is -0.986. The number of rotatable bonds is 0. The summed E-state index contributed by atoms with van der Waals surface area (Å²) in [6.07, 6.45) is 1.81. The third kappa shape index (κ3) is 1.49. The highest BCUT2D eigenvalue weighted by Gasteiger charge is 2.17. The van der Waals surface area contributed by atoms with Gasteiger partial charge in [-0.1, -0.05) is 0 Å². The minimum absolute atomic E-state index is 0.228. The molecule has 0 aromatic rings. The van der Waals surface area contributed by atoms with E-state index in [-0.39, 0.29) is 4.58 Å². The Bertz CT molecular complexity index is 229. The lowest BCUT2D eigenvalue weighted by molar-refractivity contribution is 0.688. The molecule has 0 saturated carbocycles. The van der Waals surface area contributed by atoms with Gasteiger partial charge in [0.2, 0.25) is 0 Å². The third-order valence-corrected chi connectivity index (χ3v) is 4.26. The molecule has 0 fully saturated rings. The number of allylic oxidation sites excluding steroid dienone is 2. The average molecular weight is 192 g/mol. The second kappa shape index (κ2) is 3.15. The number of hydrogen-bond acceptors (Lipinski definition) is 3. The van der Waals surface area contributed by atoms with E-state index in [0.29, 0.717) is 0 Å². The van der Waals surface area contributed by atoms with E-state index in [9.17, 15) is 4.21 Å². The lowest BCUT2D eigenvalue weighted by Gasteiger charge is -2.13. The fourth-order valence-electron chi connectivity index (χ4n) is 0.634. The highest BCUT2D eigenvalue weighted by molar-refractivity contribution is 8.04. The van der Waals surface area contributed by atoms with E-state index in [0.717, 1.165) is 10.5 Å². The summed E-state index contributed by atoms with van der Waals surface area (Å²) in [5, 5.41) is 1.65. The van der Waals surface area contributed by atoms with Crippen LogP contribution in [-0.2, 0) is 10.8 Å². The molecule has 1 aliphatic rings. The van der Waals surface area contributed by atoms with Crippen LogP contribution in [0.1, 0.15) is 6.92 Å². The summed E-state index contributed by atoms with van der Waals surface area (Å²) in [4.78, 5) is 0.809. The third-order valence-electron chi connectivity index (χ3n) is 1.31. The standard InChI is InChI=1S/C6H8OS3/c1-4-2-3-10(7)6(9)5(4)8/h2-3,6,8-9H,1H3.